The van der Waals surface area contributed by atoms with Gasteiger partial charge >= 0.3 is 0 Å². The van der Waals surface area contributed by atoms with Gasteiger partial charge in [0.1, 0.15) is 5.82 Å². The van der Waals surface area contributed by atoms with Gasteiger partial charge in [0.05, 0.1) is 5.69 Å². The molecule has 16 heavy (non-hydrogen) atoms. The SMILES string of the molecule is CCC1CCCC1Nc1ccc(Br)cc1F. The number of rotatable bonds is 3. The first-order chi connectivity index (χ1) is 7.70. The molecule has 2 rings (SSSR count). The van der Waals surface area contributed by atoms with Crippen molar-refractivity contribution in [1.29, 1.82) is 0 Å². The quantitative estimate of drug-likeness (QED) is 0.857. The van der Waals surface area contributed by atoms with E-state index in [-0.39, 0.29) is 5.82 Å². The van der Waals surface area contributed by atoms with Crippen LogP contribution in [0.3, 0.4) is 0 Å². The third-order valence-electron chi connectivity index (χ3n) is 3.46. The Morgan fingerprint density at radius 2 is 2.25 bits per heavy atom. The van der Waals surface area contributed by atoms with Crippen LogP contribution in [-0.4, -0.2) is 6.04 Å². The molecule has 1 fully saturated rings. The van der Waals surface area contributed by atoms with Crippen molar-refractivity contribution in [2.24, 2.45) is 5.92 Å². The third-order valence-corrected chi connectivity index (χ3v) is 3.95. The summed E-state index contributed by atoms with van der Waals surface area (Å²) in [5, 5.41) is 3.34. The normalized spacial score (nSPS) is 24.7. The van der Waals surface area contributed by atoms with Crippen molar-refractivity contribution in [3.63, 3.8) is 0 Å². The molecule has 3 heteroatoms. The number of benzene rings is 1. The van der Waals surface area contributed by atoms with Crippen molar-refractivity contribution < 1.29 is 4.39 Å². The Labute approximate surface area is 105 Å². The lowest BCUT2D eigenvalue weighted by atomic mass is 10.0. The number of nitrogens with one attached hydrogen (secondary N) is 1. The molecule has 1 saturated carbocycles. The van der Waals surface area contributed by atoms with Crippen LogP contribution < -0.4 is 5.32 Å². The van der Waals surface area contributed by atoms with E-state index in [1.807, 2.05) is 12.1 Å². The first-order valence-corrected chi connectivity index (χ1v) is 6.71. The van der Waals surface area contributed by atoms with Gasteiger partial charge in [-0.15, -0.1) is 0 Å². The van der Waals surface area contributed by atoms with E-state index in [1.54, 1.807) is 0 Å². The molecule has 0 spiro atoms. The average Bonchev–Trinajstić information content (AvgIpc) is 2.69. The highest BCUT2D eigenvalue weighted by molar-refractivity contribution is 9.10. The second kappa shape index (κ2) is 5.17. The van der Waals surface area contributed by atoms with Crippen molar-refractivity contribution in [3.05, 3.63) is 28.5 Å². The fourth-order valence-electron chi connectivity index (χ4n) is 2.52. The molecular formula is C13H17BrFN. The van der Waals surface area contributed by atoms with Gasteiger partial charge in [0.2, 0.25) is 0 Å². The van der Waals surface area contributed by atoms with Crippen molar-refractivity contribution in [3.8, 4) is 0 Å². The summed E-state index contributed by atoms with van der Waals surface area (Å²) in [5.74, 6) is 0.527. The molecule has 2 unspecified atom stereocenters. The summed E-state index contributed by atoms with van der Waals surface area (Å²) in [7, 11) is 0. The predicted molar refractivity (Wildman–Crippen MR) is 69.1 cm³/mol. The zero-order valence-electron chi connectivity index (χ0n) is 9.47. The van der Waals surface area contributed by atoms with E-state index in [4.69, 9.17) is 0 Å². The monoisotopic (exact) mass is 285 g/mol. The summed E-state index contributed by atoms with van der Waals surface area (Å²) in [5.41, 5.74) is 0.633. The summed E-state index contributed by atoms with van der Waals surface area (Å²) in [6, 6.07) is 5.64. The van der Waals surface area contributed by atoms with E-state index in [1.165, 1.54) is 25.3 Å². The summed E-state index contributed by atoms with van der Waals surface area (Å²) >= 11 is 3.27. The third kappa shape index (κ3) is 2.57. The number of hydrogen-bond acceptors (Lipinski definition) is 1. The van der Waals surface area contributed by atoms with Crippen LogP contribution in [0.15, 0.2) is 22.7 Å². The Bertz CT molecular complexity index is 367. The molecule has 2 atom stereocenters. The predicted octanol–water partition coefficient (Wildman–Crippen LogP) is 4.58. The first-order valence-electron chi connectivity index (χ1n) is 5.92. The van der Waals surface area contributed by atoms with E-state index in [2.05, 4.69) is 28.2 Å². The fraction of sp³-hybridized carbons (Fsp3) is 0.538. The highest BCUT2D eigenvalue weighted by Gasteiger charge is 2.25. The largest absolute Gasteiger partial charge is 0.380 e. The Hall–Kier alpha value is -0.570. The number of halogens is 2. The second-order valence-corrected chi connectivity index (χ2v) is 5.39. The smallest absolute Gasteiger partial charge is 0.147 e. The van der Waals surface area contributed by atoms with Gasteiger partial charge in [0, 0.05) is 10.5 Å². The Balaban J connectivity index is 2.08. The molecule has 1 aromatic carbocycles. The van der Waals surface area contributed by atoms with Crippen LogP contribution >= 0.6 is 15.9 Å². The molecule has 0 heterocycles. The highest BCUT2D eigenvalue weighted by atomic mass is 79.9. The molecule has 0 aromatic heterocycles. The molecule has 0 radical (unpaired) electrons. The lowest BCUT2D eigenvalue weighted by Crippen LogP contribution is -2.23. The lowest BCUT2D eigenvalue weighted by molar-refractivity contribution is 0.486. The van der Waals surface area contributed by atoms with Crippen molar-refractivity contribution in [1.82, 2.24) is 0 Å². The van der Waals surface area contributed by atoms with Gasteiger partial charge in [-0.2, -0.15) is 0 Å². The van der Waals surface area contributed by atoms with Crippen LogP contribution in [0.1, 0.15) is 32.6 Å². The van der Waals surface area contributed by atoms with E-state index >= 15 is 0 Å². The minimum absolute atomic E-state index is 0.170. The standard InChI is InChI=1S/C13H17BrFN/c1-2-9-4-3-5-12(9)16-13-7-6-10(14)8-11(13)15/h6-9,12,16H,2-5H2,1H3. The minimum atomic E-state index is -0.170. The van der Waals surface area contributed by atoms with Gasteiger partial charge in [-0.05, 0) is 37.0 Å². The van der Waals surface area contributed by atoms with Gasteiger partial charge < -0.3 is 5.32 Å². The molecule has 0 amide bonds. The number of hydrogen-bond donors (Lipinski definition) is 1. The minimum Gasteiger partial charge on any atom is -0.380 e. The molecule has 0 aliphatic heterocycles. The van der Waals surface area contributed by atoms with Crippen molar-refractivity contribution in [2.75, 3.05) is 5.32 Å². The van der Waals surface area contributed by atoms with Gasteiger partial charge in [0.15, 0.2) is 0 Å². The van der Waals surface area contributed by atoms with E-state index in [0.717, 1.165) is 10.9 Å². The molecule has 0 saturated heterocycles. The van der Waals surface area contributed by atoms with Gasteiger partial charge in [0.25, 0.3) is 0 Å². The lowest BCUT2D eigenvalue weighted by Gasteiger charge is -2.21. The Morgan fingerprint density at radius 1 is 1.44 bits per heavy atom. The molecule has 1 N–H and O–H groups in total. The summed E-state index contributed by atoms with van der Waals surface area (Å²) in [6.07, 6.45) is 4.87. The summed E-state index contributed by atoms with van der Waals surface area (Å²) in [4.78, 5) is 0. The van der Waals surface area contributed by atoms with Crippen LogP contribution in [0.25, 0.3) is 0 Å². The highest BCUT2D eigenvalue weighted by Crippen LogP contribution is 2.31. The number of anilines is 1. The maximum absolute atomic E-state index is 13.6. The average molecular weight is 286 g/mol. The topological polar surface area (TPSA) is 12.0 Å². The van der Waals surface area contributed by atoms with Crippen LogP contribution in [0.4, 0.5) is 10.1 Å². The van der Waals surface area contributed by atoms with E-state index in [9.17, 15) is 4.39 Å². The molecule has 88 valence electrons. The van der Waals surface area contributed by atoms with Crippen LogP contribution in [-0.2, 0) is 0 Å². The molecule has 0 bridgehead atoms. The van der Waals surface area contributed by atoms with Crippen molar-refractivity contribution in [2.45, 2.75) is 38.6 Å². The molecule has 1 nitrogen and oxygen atoms in total. The van der Waals surface area contributed by atoms with Crippen LogP contribution in [0, 0.1) is 11.7 Å². The summed E-state index contributed by atoms with van der Waals surface area (Å²) < 4.78 is 14.4. The molecule has 1 aromatic rings. The van der Waals surface area contributed by atoms with Crippen LogP contribution in [0.5, 0.6) is 0 Å². The zero-order chi connectivity index (χ0) is 11.5. The van der Waals surface area contributed by atoms with Gasteiger partial charge in [-0.25, -0.2) is 4.39 Å². The Kier molecular flexibility index (Phi) is 3.85. The zero-order valence-corrected chi connectivity index (χ0v) is 11.1. The molecule has 1 aliphatic carbocycles. The fourth-order valence-corrected chi connectivity index (χ4v) is 2.85. The summed E-state index contributed by atoms with van der Waals surface area (Å²) in [6.45, 7) is 2.21. The van der Waals surface area contributed by atoms with Gasteiger partial charge in [-0.1, -0.05) is 35.7 Å². The van der Waals surface area contributed by atoms with Crippen molar-refractivity contribution >= 4 is 21.6 Å². The van der Waals surface area contributed by atoms with Crippen LogP contribution in [0.2, 0.25) is 0 Å². The van der Waals surface area contributed by atoms with Gasteiger partial charge in [-0.3, -0.25) is 0 Å². The van der Waals surface area contributed by atoms with E-state index in [0.29, 0.717) is 17.6 Å². The molecule has 1 aliphatic rings. The first kappa shape index (κ1) is 11.9. The second-order valence-electron chi connectivity index (χ2n) is 4.47. The maximum atomic E-state index is 13.6. The molecular weight excluding hydrogens is 269 g/mol. The maximum Gasteiger partial charge on any atom is 0.147 e. The van der Waals surface area contributed by atoms with E-state index < -0.39 is 0 Å². The Morgan fingerprint density at radius 3 is 2.94 bits per heavy atom.